The maximum atomic E-state index is 12.4. The van der Waals surface area contributed by atoms with Gasteiger partial charge in [-0.1, -0.05) is 23.4 Å². The van der Waals surface area contributed by atoms with E-state index >= 15 is 0 Å². The molecule has 9 nitrogen and oxygen atoms in total. The predicted octanol–water partition coefficient (Wildman–Crippen LogP) is 0.805. The molecule has 2 heterocycles. The molecular formula is C16H20N6O3. The second-order valence-corrected chi connectivity index (χ2v) is 5.62. The Bertz CT molecular complexity index is 724. The van der Waals surface area contributed by atoms with E-state index in [4.69, 9.17) is 0 Å². The molecule has 0 spiro atoms. The Kier molecular flexibility index (Phi) is 5.12. The minimum atomic E-state index is -0.629. The highest BCUT2D eigenvalue weighted by Gasteiger charge is 2.21. The molecule has 3 rings (SSSR count). The van der Waals surface area contributed by atoms with Crippen molar-refractivity contribution >= 4 is 23.5 Å². The average Bonchev–Trinajstić information content (AvgIpc) is 3.09. The van der Waals surface area contributed by atoms with Crippen molar-refractivity contribution in [1.82, 2.24) is 19.9 Å². The largest absolute Gasteiger partial charge is 0.453 e. The van der Waals surface area contributed by atoms with Crippen LogP contribution in [0, 0.1) is 0 Å². The van der Waals surface area contributed by atoms with Crippen LogP contribution in [0.5, 0.6) is 0 Å². The molecule has 2 amide bonds. The number of rotatable bonds is 4. The lowest BCUT2D eigenvalue weighted by molar-refractivity contribution is -0.132. The van der Waals surface area contributed by atoms with Gasteiger partial charge in [-0.15, -0.1) is 5.10 Å². The van der Waals surface area contributed by atoms with E-state index in [0.29, 0.717) is 13.1 Å². The number of hydrogen-bond donors (Lipinski definition) is 1. The van der Waals surface area contributed by atoms with Gasteiger partial charge in [-0.05, 0) is 12.1 Å². The van der Waals surface area contributed by atoms with Gasteiger partial charge < -0.3 is 14.5 Å². The smallest absolute Gasteiger partial charge is 0.412 e. The van der Waals surface area contributed by atoms with Crippen LogP contribution in [0.3, 0.4) is 0 Å². The number of ether oxygens (including phenoxy) is 1. The number of carbonyl (C=O) groups excluding carboxylic acids is 2. The van der Waals surface area contributed by atoms with E-state index in [9.17, 15) is 9.59 Å². The van der Waals surface area contributed by atoms with Crippen LogP contribution in [0.2, 0.25) is 0 Å². The Morgan fingerprint density at radius 2 is 1.88 bits per heavy atom. The number of piperazine rings is 1. The van der Waals surface area contributed by atoms with Gasteiger partial charge in [-0.3, -0.25) is 10.1 Å². The average molecular weight is 344 g/mol. The van der Waals surface area contributed by atoms with Gasteiger partial charge in [0, 0.05) is 31.9 Å². The lowest BCUT2D eigenvalue weighted by Gasteiger charge is -2.36. The van der Waals surface area contributed by atoms with Crippen LogP contribution in [-0.4, -0.2) is 65.2 Å². The van der Waals surface area contributed by atoms with Crippen LogP contribution in [0.1, 0.15) is 0 Å². The van der Waals surface area contributed by atoms with Crippen LogP contribution in [0.15, 0.2) is 36.5 Å². The quantitative estimate of drug-likeness (QED) is 0.882. The van der Waals surface area contributed by atoms with Crippen molar-refractivity contribution in [3.8, 4) is 0 Å². The predicted molar refractivity (Wildman–Crippen MR) is 91.3 cm³/mol. The zero-order chi connectivity index (χ0) is 17.6. The van der Waals surface area contributed by atoms with Gasteiger partial charge in [0.25, 0.3) is 0 Å². The number of aromatic nitrogens is 3. The minimum absolute atomic E-state index is 0.0257. The number of anilines is 2. The number of nitrogens with one attached hydrogen (secondary N) is 1. The molecule has 9 heteroatoms. The molecule has 1 fully saturated rings. The Hall–Kier alpha value is -3.10. The first-order valence-corrected chi connectivity index (χ1v) is 7.98. The Balaban J connectivity index is 1.50. The van der Waals surface area contributed by atoms with Crippen LogP contribution in [0.4, 0.5) is 16.3 Å². The first-order valence-electron chi connectivity index (χ1n) is 7.98. The highest BCUT2D eigenvalue weighted by Crippen LogP contribution is 2.15. The molecule has 0 bridgehead atoms. The van der Waals surface area contributed by atoms with Crippen molar-refractivity contribution in [2.24, 2.45) is 0 Å². The van der Waals surface area contributed by atoms with E-state index < -0.39 is 6.09 Å². The standard InChI is InChI=1S/C16H20N6O3/c1-25-16(24)17-14-11-22(19-18-14)12-15(23)21-9-7-20(8-10-21)13-5-3-2-4-6-13/h2-6,11H,7-10,12H2,1H3,(H,17,24). The van der Waals surface area contributed by atoms with Crippen molar-refractivity contribution in [3.05, 3.63) is 36.5 Å². The van der Waals surface area contributed by atoms with Gasteiger partial charge in [0.2, 0.25) is 5.91 Å². The fraction of sp³-hybridized carbons (Fsp3) is 0.375. The molecule has 132 valence electrons. The molecular weight excluding hydrogens is 324 g/mol. The zero-order valence-corrected chi connectivity index (χ0v) is 14.0. The summed E-state index contributed by atoms with van der Waals surface area (Å²) >= 11 is 0. The number of carbonyl (C=O) groups is 2. The minimum Gasteiger partial charge on any atom is -0.453 e. The molecule has 1 aromatic carbocycles. The Labute approximate surface area is 145 Å². The van der Waals surface area contributed by atoms with Crippen molar-refractivity contribution in [3.63, 3.8) is 0 Å². The molecule has 1 aromatic heterocycles. The third kappa shape index (κ3) is 4.25. The monoisotopic (exact) mass is 344 g/mol. The number of methoxy groups -OCH3 is 1. The molecule has 0 atom stereocenters. The van der Waals surface area contributed by atoms with E-state index in [-0.39, 0.29) is 18.3 Å². The molecule has 2 aromatic rings. The number of nitrogens with zero attached hydrogens (tertiary/aromatic N) is 5. The molecule has 0 radical (unpaired) electrons. The summed E-state index contributed by atoms with van der Waals surface area (Å²) in [5.74, 6) is 0.218. The van der Waals surface area contributed by atoms with Gasteiger partial charge >= 0.3 is 6.09 Å². The summed E-state index contributed by atoms with van der Waals surface area (Å²) in [5, 5.41) is 10.0. The number of para-hydroxylation sites is 1. The molecule has 1 saturated heterocycles. The maximum absolute atomic E-state index is 12.4. The van der Waals surface area contributed by atoms with Gasteiger partial charge in [-0.25, -0.2) is 9.48 Å². The van der Waals surface area contributed by atoms with Crippen molar-refractivity contribution in [1.29, 1.82) is 0 Å². The van der Waals surface area contributed by atoms with Crippen LogP contribution in [-0.2, 0) is 16.1 Å². The molecule has 1 N–H and O–H groups in total. The van der Waals surface area contributed by atoms with E-state index in [2.05, 4.69) is 37.4 Å². The van der Waals surface area contributed by atoms with Crippen LogP contribution < -0.4 is 10.2 Å². The van der Waals surface area contributed by atoms with Gasteiger partial charge in [0.05, 0.1) is 13.3 Å². The van der Waals surface area contributed by atoms with Crippen LogP contribution >= 0.6 is 0 Å². The molecule has 25 heavy (non-hydrogen) atoms. The van der Waals surface area contributed by atoms with Gasteiger partial charge in [0.15, 0.2) is 5.82 Å². The zero-order valence-electron chi connectivity index (χ0n) is 14.0. The van der Waals surface area contributed by atoms with Crippen molar-refractivity contribution in [2.45, 2.75) is 6.54 Å². The lowest BCUT2D eigenvalue weighted by Crippen LogP contribution is -2.49. The topological polar surface area (TPSA) is 92.6 Å². The summed E-state index contributed by atoms with van der Waals surface area (Å²) in [6.07, 6.45) is 0.866. The first kappa shape index (κ1) is 16.7. The fourth-order valence-corrected chi connectivity index (χ4v) is 2.68. The number of benzene rings is 1. The Morgan fingerprint density at radius 1 is 1.16 bits per heavy atom. The normalized spacial score (nSPS) is 14.3. The summed E-state index contributed by atoms with van der Waals surface area (Å²) < 4.78 is 5.88. The van der Waals surface area contributed by atoms with Crippen LogP contribution in [0.25, 0.3) is 0 Å². The maximum Gasteiger partial charge on any atom is 0.412 e. The number of amides is 2. The molecule has 0 aliphatic carbocycles. The van der Waals surface area contributed by atoms with E-state index in [1.54, 1.807) is 0 Å². The highest BCUT2D eigenvalue weighted by atomic mass is 16.5. The number of hydrogen-bond acceptors (Lipinski definition) is 6. The fourth-order valence-electron chi connectivity index (χ4n) is 2.68. The summed E-state index contributed by atoms with van der Waals surface area (Å²) in [7, 11) is 1.26. The van der Waals surface area contributed by atoms with E-state index in [0.717, 1.165) is 13.1 Å². The third-order valence-corrected chi connectivity index (χ3v) is 4.01. The summed E-state index contributed by atoms with van der Waals surface area (Å²) in [6, 6.07) is 10.2. The van der Waals surface area contributed by atoms with Gasteiger partial charge in [-0.2, -0.15) is 0 Å². The molecule has 0 unspecified atom stereocenters. The summed E-state index contributed by atoms with van der Waals surface area (Å²) in [6.45, 7) is 3.00. The van der Waals surface area contributed by atoms with E-state index in [1.165, 1.54) is 23.7 Å². The summed E-state index contributed by atoms with van der Waals surface area (Å²) in [5.41, 5.74) is 1.17. The SMILES string of the molecule is COC(=O)Nc1cn(CC(=O)N2CCN(c3ccccc3)CC2)nn1. The van der Waals surface area contributed by atoms with Gasteiger partial charge in [0.1, 0.15) is 6.54 Å². The molecule has 0 saturated carbocycles. The highest BCUT2D eigenvalue weighted by molar-refractivity contribution is 5.83. The molecule has 1 aliphatic heterocycles. The van der Waals surface area contributed by atoms with Crippen molar-refractivity contribution in [2.75, 3.05) is 43.5 Å². The third-order valence-electron chi connectivity index (χ3n) is 4.01. The van der Waals surface area contributed by atoms with E-state index in [1.807, 2.05) is 23.1 Å². The first-order chi connectivity index (χ1) is 12.2. The second-order valence-electron chi connectivity index (χ2n) is 5.62. The Morgan fingerprint density at radius 3 is 2.56 bits per heavy atom. The van der Waals surface area contributed by atoms with Crippen molar-refractivity contribution < 1.29 is 14.3 Å². The summed E-state index contributed by atoms with van der Waals surface area (Å²) in [4.78, 5) is 27.6. The lowest BCUT2D eigenvalue weighted by atomic mass is 10.2. The second kappa shape index (κ2) is 7.65. The molecule has 1 aliphatic rings.